The summed E-state index contributed by atoms with van der Waals surface area (Å²) >= 11 is 0. The summed E-state index contributed by atoms with van der Waals surface area (Å²) in [6.07, 6.45) is 3.33. The van der Waals surface area contributed by atoms with Gasteiger partial charge in [-0.1, -0.05) is 55.8 Å². The van der Waals surface area contributed by atoms with Crippen LogP contribution in [0.2, 0.25) is 0 Å². The summed E-state index contributed by atoms with van der Waals surface area (Å²) in [5, 5.41) is 6.11. The average Bonchev–Trinajstić information content (AvgIpc) is 3.30. The Balaban J connectivity index is 1.56. The molecule has 6 heteroatoms. The summed E-state index contributed by atoms with van der Waals surface area (Å²) in [4.78, 5) is 24.9. The highest BCUT2D eigenvalue weighted by molar-refractivity contribution is 5.96. The second-order valence-electron chi connectivity index (χ2n) is 6.87. The molecular formula is C24H26N2O4. The summed E-state index contributed by atoms with van der Waals surface area (Å²) in [6, 6.07) is 20.3. The molecule has 0 spiro atoms. The molecule has 2 N–H and O–H groups in total. The zero-order valence-electron chi connectivity index (χ0n) is 17.0. The monoisotopic (exact) mass is 406 g/mol. The molecule has 0 saturated carbocycles. The number of benzene rings is 2. The molecule has 0 fully saturated rings. The molecule has 0 aliphatic carbocycles. The Labute approximate surface area is 176 Å². The highest BCUT2D eigenvalue weighted by atomic mass is 16.5. The Kier molecular flexibility index (Phi) is 7.66. The van der Waals surface area contributed by atoms with Gasteiger partial charge in [-0.2, -0.15) is 0 Å². The number of rotatable bonds is 10. The van der Waals surface area contributed by atoms with Gasteiger partial charge in [-0.25, -0.2) is 4.79 Å². The number of nitrogens with one attached hydrogen (secondary N) is 2. The summed E-state index contributed by atoms with van der Waals surface area (Å²) in [5.74, 6) is -0.133. The number of amides is 1. The van der Waals surface area contributed by atoms with Crippen LogP contribution in [0.5, 0.6) is 0 Å². The number of hydrogen-bond acceptors (Lipinski definition) is 5. The Morgan fingerprint density at radius 3 is 2.50 bits per heavy atom. The lowest BCUT2D eigenvalue weighted by Crippen LogP contribution is -2.32. The van der Waals surface area contributed by atoms with E-state index in [0.717, 1.165) is 24.2 Å². The van der Waals surface area contributed by atoms with E-state index in [1.807, 2.05) is 42.5 Å². The Morgan fingerprint density at radius 2 is 1.77 bits per heavy atom. The van der Waals surface area contributed by atoms with Crippen LogP contribution >= 0.6 is 0 Å². The first kappa shape index (κ1) is 21.2. The largest absolute Gasteiger partial charge is 0.467 e. The van der Waals surface area contributed by atoms with Crippen molar-refractivity contribution >= 4 is 17.6 Å². The van der Waals surface area contributed by atoms with Crippen molar-refractivity contribution in [3.05, 3.63) is 89.9 Å². The first-order chi connectivity index (χ1) is 14.7. The fourth-order valence-corrected chi connectivity index (χ4v) is 3.15. The molecule has 6 nitrogen and oxygen atoms in total. The Bertz CT molecular complexity index is 939. The van der Waals surface area contributed by atoms with Crippen LogP contribution in [0.4, 0.5) is 5.69 Å². The van der Waals surface area contributed by atoms with E-state index in [1.54, 1.807) is 30.5 Å². The third-order valence-electron chi connectivity index (χ3n) is 4.63. The summed E-state index contributed by atoms with van der Waals surface area (Å²) in [6.45, 7) is 2.17. The smallest absolute Gasteiger partial charge is 0.340 e. The standard InChI is InChI=1S/C24H26N2O4/c1-2-9-21(18-10-4-3-5-11-18)26-23(27)17-30-24(28)20-13-6-7-14-22(20)25-16-19-12-8-15-29-19/h3-8,10-15,21,25H,2,9,16-17H2,1H3,(H,26,27)/t21-/m0/s1. The lowest BCUT2D eigenvalue weighted by Gasteiger charge is -2.18. The van der Waals surface area contributed by atoms with E-state index in [0.29, 0.717) is 17.8 Å². The van der Waals surface area contributed by atoms with Crippen molar-refractivity contribution in [1.82, 2.24) is 5.32 Å². The normalized spacial score (nSPS) is 11.5. The van der Waals surface area contributed by atoms with Crippen LogP contribution in [0.1, 0.15) is 47.5 Å². The summed E-state index contributed by atoms with van der Waals surface area (Å²) < 4.78 is 10.6. The number of anilines is 1. The van der Waals surface area contributed by atoms with Crippen LogP contribution in [-0.4, -0.2) is 18.5 Å². The van der Waals surface area contributed by atoms with Gasteiger partial charge in [0.15, 0.2) is 6.61 Å². The molecule has 1 heterocycles. The highest BCUT2D eigenvalue weighted by Crippen LogP contribution is 2.19. The van der Waals surface area contributed by atoms with Gasteiger partial charge in [0, 0.05) is 5.69 Å². The molecule has 1 amide bonds. The van der Waals surface area contributed by atoms with Crippen LogP contribution in [-0.2, 0) is 16.1 Å². The van der Waals surface area contributed by atoms with Crippen LogP contribution in [0.25, 0.3) is 0 Å². The molecule has 1 atom stereocenters. The van der Waals surface area contributed by atoms with Gasteiger partial charge >= 0.3 is 5.97 Å². The van der Waals surface area contributed by atoms with Crippen molar-refractivity contribution in [3.63, 3.8) is 0 Å². The molecule has 0 aliphatic rings. The number of carbonyl (C=O) groups excluding carboxylic acids is 2. The average molecular weight is 406 g/mol. The molecule has 30 heavy (non-hydrogen) atoms. The SMILES string of the molecule is CCC[C@H](NC(=O)COC(=O)c1ccccc1NCc1ccco1)c1ccccc1. The maximum Gasteiger partial charge on any atom is 0.340 e. The maximum atomic E-state index is 12.5. The maximum absolute atomic E-state index is 12.5. The van der Waals surface area contributed by atoms with Crippen LogP contribution < -0.4 is 10.6 Å². The van der Waals surface area contributed by atoms with Crippen LogP contribution in [0, 0.1) is 0 Å². The van der Waals surface area contributed by atoms with Crippen LogP contribution in [0.15, 0.2) is 77.4 Å². The van der Waals surface area contributed by atoms with Gasteiger partial charge in [-0.05, 0) is 36.2 Å². The zero-order valence-corrected chi connectivity index (χ0v) is 17.0. The van der Waals surface area contributed by atoms with Gasteiger partial charge < -0.3 is 19.8 Å². The van der Waals surface area contributed by atoms with Gasteiger partial charge in [0.2, 0.25) is 0 Å². The van der Waals surface area contributed by atoms with Crippen molar-refractivity contribution in [2.24, 2.45) is 0 Å². The molecule has 1 aromatic heterocycles. The number of ether oxygens (including phenoxy) is 1. The molecule has 0 bridgehead atoms. The van der Waals surface area contributed by atoms with Crippen molar-refractivity contribution < 1.29 is 18.7 Å². The van der Waals surface area contributed by atoms with E-state index < -0.39 is 5.97 Å². The minimum absolute atomic E-state index is 0.107. The minimum atomic E-state index is -0.556. The second kappa shape index (κ2) is 10.9. The number of furan rings is 1. The van der Waals surface area contributed by atoms with Crippen molar-refractivity contribution in [3.8, 4) is 0 Å². The fourth-order valence-electron chi connectivity index (χ4n) is 3.15. The van der Waals surface area contributed by atoms with Crippen molar-refractivity contribution in [1.29, 1.82) is 0 Å². The lowest BCUT2D eigenvalue weighted by molar-refractivity contribution is -0.125. The Hall–Kier alpha value is -3.54. The topological polar surface area (TPSA) is 80.6 Å². The van der Waals surface area contributed by atoms with E-state index in [1.165, 1.54) is 0 Å². The predicted octanol–water partition coefficient (Wildman–Crippen LogP) is 4.71. The van der Waals surface area contributed by atoms with E-state index in [-0.39, 0.29) is 18.6 Å². The van der Waals surface area contributed by atoms with Crippen LogP contribution in [0.3, 0.4) is 0 Å². The van der Waals surface area contributed by atoms with Gasteiger partial charge in [0.1, 0.15) is 5.76 Å². The van der Waals surface area contributed by atoms with E-state index in [2.05, 4.69) is 17.6 Å². The molecule has 3 aromatic rings. The molecular weight excluding hydrogens is 380 g/mol. The Morgan fingerprint density at radius 1 is 1.00 bits per heavy atom. The number of esters is 1. The molecule has 3 rings (SSSR count). The zero-order chi connectivity index (χ0) is 21.2. The first-order valence-electron chi connectivity index (χ1n) is 10.0. The first-order valence-corrected chi connectivity index (χ1v) is 10.0. The molecule has 0 radical (unpaired) electrons. The summed E-state index contributed by atoms with van der Waals surface area (Å²) in [5.41, 5.74) is 2.02. The third kappa shape index (κ3) is 5.98. The predicted molar refractivity (Wildman–Crippen MR) is 115 cm³/mol. The van der Waals surface area contributed by atoms with Gasteiger partial charge in [0.05, 0.1) is 24.4 Å². The van der Waals surface area contributed by atoms with E-state index in [4.69, 9.17) is 9.15 Å². The second-order valence-corrected chi connectivity index (χ2v) is 6.87. The molecule has 0 aliphatic heterocycles. The van der Waals surface area contributed by atoms with E-state index >= 15 is 0 Å². The lowest BCUT2D eigenvalue weighted by atomic mass is 10.0. The molecule has 156 valence electrons. The van der Waals surface area contributed by atoms with Gasteiger partial charge in [0.25, 0.3) is 5.91 Å². The van der Waals surface area contributed by atoms with Gasteiger partial charge in [-0.15, -0.1) is 0 Å². The number of para-hydroxylation sites is 1. The highest BCUT2D eigenvalue weighted by Gasteiger charge is 2.17. The minimum Gasteiger partial charge on any atom is -0.467 e. The number of hydrogen-bond donors (Lipinski definition) is 2. The molecule has 0 saturated heterocycles. The molecule has 2 aromatic carbocycles. The quantitative estimate of drug-likeness (QED) is 0.477. The van der Waals surface area contributed by atoms with Crippen molar-refractivity contribution in [2.75, 3.05) is 11.9 Å². The van der Waals surface area contributed by atoms with Gasteiger partial charge in [-0.3, -0.25) is 4.79 Å². The third-order valence-corrected chi connectivity index (χ3v) is 4.63. The number of carbonyl (C=O) groups is 2. The van der Waals surface area contributed by atoms with E-state index in [9.17, 15) is 9.59 Å². The molecule has 0 unspecified atom stereocenters. The summed E-state index contributed by atoms with van der Waals surface area (Å²) in [7, 11) is 0. The fraction of sp³-hybridized carbons (Fsp3) is 0.250. The van der Waals surface area contributed by atoms with Crippen molar-refractivity contribution in [2.45, 2.75) is 32.4 Å².